The molecule has 0 fully saturated rings. The molecule has 20 heavy (non-hydrogen) atoms. The Kier molecular flexibility index (Phi) is 4.85. The molecule has 2 aromatic rings. The highest BCUT2D eigenvalue weighted by Crippen LogP contribution is 2.24. The number of nitrogens with one attached hydrogen (secondary N) is 1. The third kappa shape index (κ3) is 3.90. The van der Waals surface area contributed by atoms with Crippen molar-refractivity contribution in [2.75, 3.05) is 7.05 Å². The maximum atomic E-state index is 7.59. The zero-order valence-electron chi connectivity index (χ0n) is 11.7. The monoisotopic (exact) mass is 268 g/mol. The largest absolute Gasteiger partial charge is 0.388 e. The van der Waals surface area contributed by atoms with E-state index >= 15 is 0 Å². The predicted octanol–water partition coefficient (Wildman–Crippen LogP) is 2.58. The molecule has 0 spiro atoms. The normalized spacial score (nSPS) is 12.3. The van der Waals surface area contributed by atoms with Crippen LogP contribution in [0.4, 0.5) is 0 Å². The van der Waals surface area contributed by atoms with Crippen LogP contribution in [0.5, 0.6) is 0 Å². The summed E-state index contributed by atoms with van der Waals surface area (Å²) in [7, 11) is 2.05. The highest BCUT2D eigenvalue weighted by atomic mass is 15.1. The number of nitrogens with two attached hydrogens (primary N) is 1. The average molecular weight is 268 g/mol. The lowest BCUT2D eigenvalue weighted by molar-refractivity contribution is 0.241. The van der Waals surface area contributed by atoms with Gasteiger partial charge in [-0.2, -0.15) is 0 Å². The summed E-state index contributed by atoms with van der Waals surface area (Å²) in [5.41, 5.74) is 7.93. The van der Waals surface area contributed by atoms with E-state index in [2.05, 4.69) is 28.1 Å². The molecular formula is C16H20N4. The molecule has 104 valence electrons. The Labute approximate surface area is 119 Å². The fourth-order valence-electron chi connectivity index (χ4n) is 2.30. The van der Waals surface area contributed by atoms with Gasteiger partial charge in [-0.05, 0) is 24.2 Å². The van der Waals surface area contributed by atoms with Crippen LogP contribution in [0, 0.1) is 5.41 Å². The number of benzene rings is 1. The Bertz CT molecular complexity index is 539. The minimum absolute atomic E-state index is 0.105. The highest BCUT2D eigenvalue weighted by molar-refractivity contribution is 5.77. The standard InChI is InChI=1S/C16H20N4/c1-20(12-13-6-5-9-19-11-13)15(10-16(17)18)14-7-3-2-4-8-14/h2-9,11,15H,10,12H2,1H3,(H3,17,18). The SMILES string of the molecule is CN(Cc1cccnc1)C(CC(=N)N)c1ccccc1. The van der Waals surface area contributed by atoms with E-state index in [0.717, 1.165) is 12.1 Å². The predicted molar refractivity (Wildman–Crippen MR) is 81.4 cm³/mol. The second-order valence-electron chi connectivity index (χ2n) is 4.93. The molecule has 1 aromatic carbocycles. The van der Waals surface area contributed by atoms with E-state index in [1.807, 2.05) is 37.5 Å². The Balaban J connectivity index is 2.16. The Morgan fingerprint density at radius 2 is 2.00 bits per heavy atom. The highest BCUT2D eigenvalue weighted by Gasteiger charge is 2.18. The van der Waals surface area contributed by atoms with Gasteiger partial charge >= 0.3 is 0 Å². The fraction of sp³-hybridized carbons (Fsp3) is 0.250. The van der Waals surface area contributed by atoms with Gasteiger partial charge in [-0.15, -0.1) is 0 Å². The van der Waals surface area contributed by atoms with Gasteiger partial charge in [0.25, 0.3) is 0 Å². The number of hydrogen-bond acceptors (Lipinski definition) is 3. The van der Waals surface area contributed by atoms with Crippen LogP contribution >= 0.6 is 0 Å². The van der Waals surface area contributed by atoms with E-state index in [-0.39, 0.29) is 11.9 Å². The molecule has 0 radical (unpaired) electrons. The van der Waals surface area contributed by atoms with E-state index in [4.69, 9.17) is 11.1 Å². The van der Waals surface area contributed by atoms with Crippen molar-refractivity contribution in [2.45, 2.75) is 19.0 Å². The van der Waals surface area contributed by atoms with Crippen molar-refractivity contribution in [3.8, 4) is 0 Å². The van der Waals surface area contributed by atoms with Crippen molar-refractivity contribution in [1.82, 2.24) is 9.88 Å². The molecule has 0 amide bonds. The molecule has 0 saturated carbocycles. The summed E-state index contributed by atoms with van der Waals surface area (Å²) in [5.74, 6) is 0.205. The average Bonchev–Trinajstić information content (AvgIpc) is 2.46. The summed E-state index contributed by atoms with van der Waals surface area (Å²) in [6, 6.07) is 14.3. The van der Waals surface area contributed by atoms with E-state index in [1.165, 1.54) is 5.56 Å². The number of aromatic nitrogens is 1. The molecule has 1 heterocycles. The lowest BCUT2D eigenvalue weighted by atomic mass is 10.0. The van der Waals surface area contributed by atoms with Crippen LogP contribution in [0.2, 0.25) is 0 Å². The third-order valence-corrected chi connectivity index (χ3v) is 3.28. The molecule has 1 aromatic heterocycles. The molecule has 0 bridgehead atoms. The second-order valence-corrected chi connectivity index (χ2v) is 4.93. The van der Waals surface area contributed by atoms with Crippen LogP contribution in [0.15, 0.2) is 54.9 Å². The maximum Gasteiger partial charge on any atom is 0.0924 e. The molecular weight excluding hydrogens is 248 g/mol. The molecule has 4 nitrogen and oxygen atoms in total. The van der Waals surface area contributed by atoms with Gasteiger partial charge in [0, 0.05) is 31.4 Å². The number of hydrogen-bond donors (Lipinski definition) is 2. The maximum absolute atomic E-state index is 7.59. The van der Waals surface area contributed by atoms with Crippen molar-refractivity contribution in [2.24, 2.45) is 5.73 Å². The Morgan fingerprint density at radius 3 is 2.60 bits per heavy atom. The molecule has 4 heteroatoms. The summed E-state index contributed by atoms with van der Waals surface area (Å²) < 4.78 is 0. The molecule has 1 atom stereocenters. The minimum Gasteiger partial charge on any atom is -0.388 e. The summed E-state index contributed by atoms with van der Waals surface area (Å²) in [6.07, 6.45) is 4.17. The molecule has 1 unspecified atom stereocenters. The topological polar surface area (TPSA) is 66.0 Å². The van der Waals surface area contributed by atoms with Crippen molar-refractivity contribution < 1.29 is 0 Å². The molecule has 3 N–H and O–H groups in total. The van der Waals surface area contributed by atoms with Gasteiger partial charge in [-0.1, -0.05) is 36.4 Å². The van der Waals surface area contributed by atoms with Crippen molar-refractivity contribution in [3.05, 3.63) is 66.0 Å². The second kappa shape index (κ2) is 6.82. The number of pyridine rings is 1. The first kappa shape index (κ1) is 14.2. The first-order valence-corrected chi connectivity index (χ1v) is 6.64. The van der Waals surface area contributed by atoms with Gasteiger partial charge in [0.05, 0.1) is 5.84 Å². The summed E-state index contributed by atoms with van der Waals surface area (Å²) >= 11 is 0. The van der Waals surface area contributed by atoms with Gasteiger partial charge in [0.1, 0.15) is 0 Å². The van der Waals surface area contributed by atoms with Gasteiger partial charge in [-0.25, -0.2) is 0 Å². The van der Waals surface area contributed by atoms with Gasteiger partial charge < -0.3 is 5.73 Å². The lowest BCUT2D eigenvalue weighted by Gasteiger charge is -2.28. The van der Waals surface area contributed by atoms with Crippen molar-refractivity contribution >= 4 is 5.84 Å². The molecule has 0 aliphatic rings. The minimum atomic E-state index is 0.105. The summed E-state index contributed by atoms with van der Waals surface area (Å²) in [4.78, 5) is 6.34. The number of amidine groups is 1. The first-order valence-electron chi connectivity index (χ1n) is 6.64. The van der Waals surface area contributed by atoms with Crippen LogP contribution in [-0.4, -0.2) is 22.8 Å². The van der Waals surface area contributed by atoms with E-state index in [9.17, 15) is 0 Å². The first-order chi connectivity index (χ1) is 9.66. The van der Waals surface area contributed by atoms with Gasteiger partial charge in [0.15, 0.2) is 0 Å². The Hall–Kier alpha value is -2.20. The zero-order chi connectivity index (χ0) is 14.4. The fourth-order valence-corrected chi connectivity index (χ4v) is 2.30. The van der Waals surface area contributed by atoms with Gasteiger partial charge in [-0.3, -0.25) is 15.3 Å². The van der Waals surface area contributed by atoms with E-state index in [1.54, 1.807) is 6.20 Å². The number of rotatable bonds is 6. The van der Waals surface area contributed by atoms with E-state index in [0.29, 0.717) is 6.42 Å². The molecule has 0 saturated heterocycles. The van der Waals surface area contributed by atoms with Crippen LogP contribution in [0.1, 0.15) is 23.6 Å². The molecule has 0 aliphatic heterocycles. The van der Waals surface area contributed by atoms with Crippen molar-refractivity contribution in [1.29, 1.82) is 5.41 Å². The smallest absolute Gasteiger partial charge is 0.0924 e. The molecule has 2 rings (SSSR count). The zero-order valence-corrected chi connectivity index (χ0v) is 11.7. The molecule has 0 aliphatic carbocycles. The summed E-state index contributed by atoms with van der Waals surface area (Å²) in [5, 5.41) is 7.59. The number of nitrogens with zero attached hydrogens (tertiary/aromatic N) is 2. The van der Waals surface area contributed by atoms with E-state index < -0.39 is 0 Å². The van der Waals surface area contributed by atoms with Crippen LogP contribution < -0.4 is 5.73 Å². The lowest BCUT2D eigenvalue weighted by Crippen LogP contribution is -2.28. The van der Waals surface area contributed by atoms with Crippen molar-refractivity contribution in [3.63, 3.8) is 0 Å². The van der Waals surface area contributed by atoms with Crippen LogP contribution in [-0.2, 0) is 6.54 Å². The van der Waals surface area contributed by atoms with Crippen LogP contribution in [0.25, 0.3) is 0 Å². The van der Waals surface area contributed by atoms with Gasteiger partial charge in [0.2, 0.25) is 0 Å². The quantitative estimate of drug-likeness (QED) is 0.625. The van der Waals surface area contributed by atoms with Crippen LogP contribution in [0.3, 0.4) is 0 Å². The Morgan fingerprint density at radius 1 is 1.25 bits per heavy atom. The third-order valence-electron chi connectivity index (χ3n) is 3.28. The summed E-state index contributed by atoms with van der Waals surface area (Å²) in [6.45, 7) is 0.778.